The second-order valence-corrected chi connectivity index (χ2v) is 11.0. The largest absolute Gasteiger partial charge is 0.279 e. The first-order valence-corrected chi connectivity index (χ1v) is 12.8. The molecule has 0 bridgehead atoms. The predicted molar refractivity (Wildman–Crippen MR) is 130 cm³/mol. The standard InChI is InChI=1S/C25H24N2O3S2/c1-4-32(29,30)21-12-8-11-20(15-21)24(28)27(16-19-9-6-5-7-10-19)25-26-22-13-17(2)18(3)14-23(22)31-25/h5-15H,4,16H2,1-3H3. The molecule has 5 nitrogen and oxygen atoms in total. The van der Waals surface area contributed by atoms with E-state index < -0.39 is 9.84 Å². The zero-order valence-corrected chi connectivity index (χ0v) is 19.8. The normalized spacial score (nSPS) is 11.6. The summed E-state index contributed by atoms with van der Waals surface area (Å²) in [7, 11) is -3.42. The fraction of sp³-hybridized carbons (Fsp3) is 0.200. The lowest BCUT2D eigenvalue weighted by Crippen LogP contribution is -2.30. The summed E-state index contributed by atoms with van der Waals surface area (Å²) in [6.07, 6.45) is 0. The molecule has 32 heavy (non-hydrogen) atoms. The van der Waals surface area contributed by atoms with E-state index in [2.05, 4.69) is 13.0 Å². The minimum atomic E-state index is -3.42. The van der Waals surface area contributed by atoms with Gasteiger partial charge in [0.15, 0.2) is 15.0 Å². The molecule has 0 N–H and O–H groups in total. The molecule has 0 aliphatic carbocycles. The van der Waals surface area contributed by atoms with E-state index in [0.717, 1.165) is 21.3 Å². The first-order chi connectivity index (χ1) is 15.3. The number of nitrogens with zero attached hydrogens (tertiary/aromatic N) is 2. The van der Waals surface area contributed by atoms with E-state index in [-0.39, 0.29) is 16.6 Å². The highest BCUT2D eigenvalue weighted by molar-refractivity contribution is 7.91. The number of carbonyl (C=O) groups is 1. The maximum Gasteiger partial charge on any atom is 0.260 e. The monoisotopic (exact) mass is 464 g/mol. The number of benzene rings is 3. The summed E-state index contributed by atoms with van der Waals surface area (Å²) in [5.41, 5.74) is 4.45. The van der Waals surface area contributed by atoms with E-state index in [1.54, 1.807) is 24.0 Å². The van der Waals surface area contributed by atoms with Crippen LogP contribution in [-0.2, 0) is 16.4 Å². The third kappa shape index (κ3) is 4.45. The van der Waals surface area contributed by atoms with Gasteiger partial charge >= 0.3 is 0 Å². The van der Waals surface area contributed by atoms with Gasteiger partial charge in [-0.25, -0.2) is 13.4 Å². The van der Waals surface area contributed by atoms with Crippen LogP contribution in [-0.4, -0.2) is 25.1 Å². The molecule has 0 aliphatic rings. The fourth-order valence-corrected chi connectivity index (χ4v) is 5.39. The number of aryl methyl sites for hydroxylation is 2. The summed E-state index contributed by atoms with van der Waals surface area (Å²) in [5.74, 6) is -0.302. The molecular weight excluding hydrogens is 440 g/mol. The summed E-state index contributed by atoms with van der Waals surface area (Å²) in [6, 6.07) is 20.1. The molecule has 0 saturated heterocycles. The molecule has 1 aromatic heterocycles. The zero-order chi connectivity index (χ0) is 22.9. The Balaban J connectivity index is 1.80. The Labute approximate surface area is 192 Å². The van der Waals surface area contributed by atoms with Gasteiger partial charge in [-0.2, -0.15) is 0 Å². The van der Waals surface area contributed by atoms with Crippen molar-refractivity contribution in [1.29, 1.82) is 0 Å². The Morgan fingerprint density at radius 3 is 2.41 bits per heavy atom. The van der Waals surface area contributed by atoms with E-state index in [1.807, 2.05) is 43.3 Å². The molecule has 0 radical (unpaired) electrons. The molecule has 4 aromatic rings. The summed E-state index contributed by atoms with van der Waals surface area (Å²) < 4.78 is 25.7. The minimum Gasteiger partial charge on any atom is -0.279 e. The molecule has 0 fully saturated rings. The van der Waals surface area contributed by atoms with Crippen LogP contribution in [0.3, 0.4) is 0 Å². The van der Waals surface area contributed by atoms with Gasteiger partial charge in [-0.15, -0.1) is 0 Å². The molecular formula is C25H24N2O3S2. The van der Waals surface area contributed by atoms with Gasteiger partial charge < -0.3 is 0 Å². The van der Waals surface area contributed by atoms with Crippen molar-refractivity contribution in [2.24, 2.45) is 0 Å². The van der Waals surface area contributed by atoms with Crippen molar-refractivity contribution in [3.63, 3.8) is 0 Å². The number of hydrogen-bond donors (Lipinski definition) is 0. The zero-order valence-electron chi connectivity index (χ0n) is 18.2. The number of carbonyl (C=O) groups excluding carboxylic acids is 1. The van der Waals surface area contributed by atoms with E-state index in [4.69, 9.17) is 4.98 Å². The Morgan fingerprint density at radius 1 is 0.969 bits per heavy atom. The molecule has 7 heteroatoms. The van der Waals surface area contributed by atoms with Gasteiger partial charge in [0.05, 0.1) is 27.4 Å². The second-order valence-electron chi connectivity index (χ2n) is 7.71. The highest BCUT2D eigenvalue weighted by Gasteiger charge is 2.23. The third-order valence-electron chi connectivity index (χ3n) is 5.47. The lowest BCUT2D eigenvalue weighted by atomic mass is 10.1. The first kappa shape index (κ1) is 22.2. The molecule has 1 heterocycles. The average molecular weight is 465 g/mol. The van der Waals surface area contributed by atoms with E-state index in [9.17, 15) is 13.2 Å². The number of sulfone groups is 1. The number of thiazole rings is 1. The van der Waals surface area contributed by atoms with Crippen molar-refractivity contribution in [2.45, 2.75) is 32.2 Å². The van der Waals surface area contributed by atoms with Gasteiger partial charge in [0, 0.05) is 5.56 Å². The minimum absolute atomic E-state index is 0.0189. The van der Waals surface area contributed by atoms with Crippen LogP contribution in [0.15, 0.2) is 71.6 Å². The molecule has 0 aliphatic heterocycles. The van der Waals surface area contributed by atoms with E-state index >= 15 is 0 Å². The third-order valence-corrected chi connectivity index (χ3v) is 8.25. The quantitative estimate of drug-likeness (QED) is 0.375. The Morgan fingerprint density at radius 2 is 1.69 bits per heavy atom. The highest BCUT2D eigenvalue weighted by atomic mass is 32.2. The van der Waals surface area contributed by atoms with Crippen LogP contribution >= 0.6 is 11.3 Å². The van der Waals surface area contributed by atoms with Crippen LogP contribution in [0.1, 0.15) is 34.0 Å². The van der Waals surface area contributed by atoms with Gasteiger partial charge in [-0.05, 0) is 60.9 Å². The topological polar surface area (TPSA) is 67.3 Å². The van der Waals surface area contributed by atoms with E-state index in [0.29, 0.717) is 17.2 Å². The molecule has 0 unspecified atom stereocenters. The summed E-state index contributed by atoms with van der Waals surface area (Å²) in [5, 5.41) is 0.586. The van der Waals surface area contributed by atoms with E-state index in [1.165, 1.54) is 29.0 Å². The Hall–Kier alpha value is -3.03. The first-order valence-electron chi connectivity index (χ1n) is 10.3. The van der Waals surface area contributed by atoms with Crippen LogP contribution in [0.2, 0.25) is 0 Å². The number of rotatable bonds is 6. The molecule has 1 amide bonds. The molecule has 0 saturated carbocycles. The van der Waals surface area contributed by atoms with Crippen LogP contribution in [0.25, 0.3) is 10.2 Å². The number of hydrogen-bond acceptors (Lipinski definition) is 5. The Bertz CT molecular complexity index is 1350. The van der Waals surface area contributed by atoms with Crippen LogP contribution in [0.4, 0.5) is 5.13 Å². The number of amides is 1. The average Bonchev–Trinajstić information content (AvgIpc) is 3.20. The van der Waals surface area contributed by atoms with Crippen LogP contribution in [0.5, 0.6) is 0 Å². The lowest BCUT2D eigenvalue weighted by Gasteiger charge is -2.20. The van der Waals surface area contributed by atoms with Gasteiger partial charge in [0.25, 0.3) is 5.91 Å². The van der Waals surface area contributed by atoms with Crippen molar-refractivity contribution in [1.82, 2.24) is 4.98 Å². The fourth-order valence-electron chi connectivity index (χ4n) is 3.42. The molecule has 3 aromatic carbocycles. The maximum absolute atomic E-state index is 13.6. The van der Waals surface area contributed by atoms with Crippen LogP contribution < -0.4 is 4.90 Å². The SMILES string of the molecule is CCS(=O)(=O)c1cccc(C(=O)N(Cc2ccccc2)c2nc3cc(C)c(C)cc3s2)c1. The van der Waals surface area contributed by atoms with Crippen molar-refractivity contribution < 1.29 is 13.2 Å². The van der Waals surface area contributed by atoms with Crippen LogP contribution in [0, 0.1) is 13.8 Å². The summed E-state index contributed by atoms with van der Waals surface area (Å²) >= 11 is 1.46. The molecule has 164 valence electrons. The number of anilines is 1. The summed E-state index contributed by atoms with van der Waals surface area (Å²) in [4.78, 5) is 20.2. The maximum atomic E-state index is 13.6. The van der Waals surface area contributed by atoms with Gasteiger partial charge in [-0.1, -0.05) is 54.7 Å². The van der Waals surface area contributed by atoms with Crippen molar-refractivity contribution in [3.05, 3.63) is 89.0 Å². The number of aromatic nitrogens is 1. The molecule has 4 rings (SSSR count). The van der Waals surface area contributed by atoms with Gasteiger partial charge in [-0.3, -0.25) is 9.69 Å². The Kier molecular flexibility index (Phi) is 6.13. The van der Waals surface area contributed by atoms with Gasteiger partial charge in [0.2, 0.25) is 0 Å². The number of fused-ring (bicyclic) bond motifs is 1. The second kappa shape index (κ2) is 8.84. The van der Waals surface area contributed by atoms with Crippen molar-refractivity contribution in [3.8, 4) is 0 Å². The summed E-state index contributed by atoms with van der Waals surface area (Å²) in [6.45, 7) is 6.03. The highest BCUT2D eigenvalue weighted by Crippen LogP contribution is 2.32. The predicted octanol–water partition coefficient (Wildman–Crippen LogP) is 5.55. The lowest BCUT2D eigenvalue weighted by molar-refractivity contribution is 0.0985. The van der Waals surface area contributed by atoms with Gasteiger partial charge in [0.1, 0.15) is 0 Å². The smallest absolute Gasteiger partial charge is 0.260 e. The molecule has 0 spiro atoms. The van der Waals surface area contributed by atoms with Crippen molar-refractivity contribution in [2.75, 3.05) is 10.7 Å². The molecule has 0 atom stereocenters. The van der Waals surface area contributed by atoms with Crippen molar-refractivity contribution >= 4 is 42.4 Å².